The Balaban J connectivity index is 2.10. The van der Waals surface area contributed by atoms with Gasteiger partial charge in [-0.2, -0.15) is 0 Å². The second-order valence-corrected chi connectivity index (χ2v) is 4.31. The average molecular weight is 205 g/mol. The van der Waals surface area contributed by atoms with Crippen molar-refractivity contribution in [2.24, 2.45) is 0 Å². The summed E-state index contributed by atoms with van der Waals surface area (Å²) in [5.41, 5.74) is 2.79. The zero-order valence-electron chi connectivity index (χ0n) is 9.12. The van der Waals surface area contributed by atoms with Crippen LogP contribution >= 0.6 is 0 Å². The number of hydrogen-bond acceptors (Lipinski definition) is 3. The first-order chi connectivity index (χ1) is 7.25. The highest BCUT2D eigenvalue weighted by Gasteiger charge is 2.25. The molecule has 0 aliphatic carbocycles. The molecule has 2 aliphatic rings. The van der Waals surface area contributed by atoms with Crippen molar-refractivity contribution in [3.8, 4) is 11.5 Å². The predicted octanol–water partition coefficient (Wildman–Crippen LogP) is 1.96. The van der Waals surface area contributed by atoms with Crippen molar-refractivity contribution in [1.29, 1.82) is 0 Å². The van der Waals surface area contributed by atoms with E-state index in [4.69, 9.17) is 9.47 Å². The van der Waals surface area contributed by atoms with Gasteiger partial charge in [0.05, 0.1) is 0 Å². The highest BCUT2D eigenvalue weighted by atomic mass is 16.7. The van der Waals surface area contributed by atoms with Gasteiger partial charge in [0.25, 0.3) is 0 Å². The fourth-order valence-corrected chi connectivity index (χ4v) is 2.33. The third-order valence-electron chi connectivity index (χ3n) is 3.48. The van der Waals surface area contributed by atoms with Crippen LogP contribution in [0.15, 0.2) is 12.1 Å². The van der Waals surface area contributed by atoms with Crippen LogP contribution < -0.4 is 9.47 Å². The molecule has 2 heterocycles. The molecular formula is C12H15NO2. The molecule has 0 radical (unpaired) electrons. The molecule has 1 atom stereocenters. The predicted molar refractivity (Wildman–Crippen MR) is 57.3 cm³/mol. The average Bonchev–Trinajstić information content (AvgIpc) is 2.68. The Hall–Kier alpha value is -1.22. The fourth-order valence-electron chi connectivity index (χ4n) is 2.33. The normalized spacial score (nSPS) is 24.0. The number of hydrogen-bond donors (Lipinski definition) is 0. The van der Waals surface area contributed by atoms with Gasteiger partial charge in [-0.25, -0.2) is 0 Å². The molecule has 0 fully saturated rings. The van der Waals surface area contributed by atoms with Crippen molar-refractivity contribution < 1.29 is 9.47 Å². The molecule has 3 heteroatoms. The van der Waals surface area contributed by atoms with Gasteiger partial charge in [0.1, 0.15) is 0 Å². The van der Waals surface area contributed by atoms with Crippen LogP contribution in [0.2, 0.25) is 0 Å². The highest BCUT2D eigenvalue weighted by Crippen LogP contribution is 2.39. The van der Waals surface area contributed by atoms with Gasteiger partial charge in [-0.05, 0) is 43.7 Å². The van der Waals surface area contributed by atoms with E-state index in [0.717, 1.165) is 24.5 Å². The lowest BCUT2D eigenvalue weighted by Gasteiger charge is -2.32. The minimum absolute atomic E-state index is 0.364. The molecule has 80 valence electrons. The van der Waals surface area contributed by atoms with Crippen LogP contribution in [0.5, 0.6) is 11.5 Å². The van der Waals surface area contributed by atoms with E-state index in [0.29, 0.717) is 12.8 Å². The molecule has 1 aromatic rings. The number of benzene rings is 1. The Kier molecular flexibility index (Phi) is 1.89. The summed E-state index contributed by atoms with van der Waals surface area (Å²) in [6, 6.07) is 4.75. The van der Waals surface area contributed by atoms with Crippen LogP contribution in [0.25, 0.3) is 0 Å². The maximum Gasteiger partial charge on any atom is 0.231 e. The van der Waals surface area contributed by atoms with E-state index in [1.54, 1.807) is 0 Å². The first-order valence-corrected chi connectivity index (χ1v) is 5.38. The van der Waals surface area contributed by atoms with Crippen LogP contribution in [0.3, 0.4) is 0 Å². The molecule has 0 N–H and O–H groups in total. The van der Waals surface area contributed by atoms with Crippen LogP contribution in [0, 0.1) is 0 Å². The minimum Gasteiger partial charge on any atom is -0.454 e. The summed E-state index contributed by atoms with van der Waals surface area (Å²) >= 11 is 0. The van der Waals surface area contributed by atoms with Crippen molar-refractivity contribution in [2.45, 2.75) is 19.4 Å². The summed E-state index contributed by atoms with van der Waals surface area (Å²) < 4.78 is 10.8. The SMILES string of the molecule is CC1c2cc3c(cc2CCN1C)OCO3. The Labute approximate surface area is 89.6 Å². The maximum atomic E-state index is 5.41. The van der Waals surface area contributed by atoms with E-state index < -0.39 is 0 Å². The number of fused-ring (bicyclic) bond motifs is 2. The van der Waals surface area contributed by atoms with Crippen molar-refractivity contribution in [2.75, 3.05) is 20.4 Å². The summed E-state index contributed by atoms with van der Waals surface area (Å²) in [7, 11) is 2.16. The summed E-state index contributed by atoms with van der Waals surface area (Å²) in [4.78, 5) is 2.37. The van der Waals surface area contributed by atoms with Gasteiger partial charge in [0.15, 0.2) is 11.5 Å². The quantitative estimate of drug-likeness (QED) is 0.646. The Bertz CT molecular complexity index is 403. The van der Waals surface area contributed by atoms with Crippen molar-refractivity contribution in [3.63, 3.8) is 0 Å². The summed E-state index contributed by atoms with van der Waals surface area (Å²) in [5.74, 6) is 1.81. The maximum absolute atomic E-state index is 5.41. The molecule has 0 bridgehead atoms. The summed E-state index contributed by atoms with van der Waals surface area (Å²) in [6.07, 6.45) is 1.10. The monoisotopic (exact) mass is 205 g/mol. The van der Waals surface area contributed by atoms with Crippen LogP contribution in [-0.4, -0.2) is 25.3 Å². The molecule has 0 amide bonds. The zero-order chi connectivity index (χ0) is 10.4. The lowest BCUT2D eigenvalue weighted by molar-refractivity contribution is 0.174. The Morgan fingerprint density at radius 3 is 2.80 bits per heavy atom. The number of likely N-dealkylation sites (N-methyl/N-ethyl adjacent to an activating group) is 1. The smallest absolute Gasteiger partial charge is 0.231 e. The molecule has 0 aromatic heterocycles. The lowest BCUT2D eigenvalue weighted by atomic mass is 9.93. The Morgan fingerprint density at radius 1 is 1.27 bits per heavy atom. The van der Waals surface area contributed by atoms with E-state index in [9.17, 15) is 0 Å². The van der Waals surface area contributed by atoms with Crippen LogP contribution in [-0.2, 0) is 6.42 Å². The third kappa shape index (κ3) is 1.30. The number of ether oxygens (including phenoxy) is 2. The first kappa shape index (κ1) is 9.04. The largest absolute Gasteiger partial charge is 0.454 e. The first-order valence-electron chi connectivity index (χ1n) is 5.38. The van der Waals surface area contributed by atoms with Crippen LogP contribution in [0.4, 0.5) is 0 Å². The van der Waals surface area contributed by atoms with Gasteiger partial charge in [0, 0.05) is 12.6 Å². The highest BCUT2D eigenvalue weighted by molar-refractivity contribution is 5.50. The van der Waals surface area contributed by atoms with Gasteiger partial charge < -0.3 is 9.47 Å². The molecule has 1 aromatic carbocycles. The standard InChI is InChI=1S/C12H15NO2/c1-8-10-6-12-11(14-7-15-12)5-9(10)3-4-13(8)2/h5-6,8H,3-4,7H2,1-2H3. The van der Waals surface area contributed by atoms with Crippen molar-refractivity contribution in [3.05, 3.63) is 23.3 Å². The van der Waals surface area contributed by atoms with E-state index in [1.165, 1.54) is 11.1 Å². The number of nitrogens with zero attached hydrogens (tertiary/aromatic N) is 1. The molecule has 0 spiro atoms. The second-order valence-electron chi connectivity index (χ2n) is 4.31. The van der Waals surface area contributed by atoms with Gasteiger partial charge in [-0.1, -0.05) is 0 Å². The van der Waals surface area contributed by atoms with Gasteiger partial charge >= 0.3 is 0 Å². The van der Waals surface area contributed by atoms with E-state index in [-0.39, 0.29) is 0 Å². The molecule has 2 aliphatic heterocycles. The molecule has 0 saturated carbocycles. The van der Waals surface area contributed by atoms with Crippen LogP contribution in [0.1, 0.15) is 24.1 Å². The molecule has 3 nitrogen and oxygen atoms in total. The van der Waals surface area contributed by atoms with E-state index in [1.807, 2.05) is 0 Å². The molecular weight excluding hydrogens is 190 g/mol. The van der Waals surface area contributed by atoms with Gasteiger partial charge in [0.2, 0.25) is 6.79 Å². The summed E-state index contributed by atoms with van der Waals surface area (Å²) in [5, 5.41) is 0. The van der Waals surface area contributed by atoms with Gasteiger partial charge in [-0.15, -0.1) is 0 Å². The number of rotatable bonds is 0. The van der Waals surface area contributed by atoms with E-state index in [2.05, 4.69) is 31.0 Å². The fraction of sp³-hybridized carbons (Fsp3) is 0.500. The minimum atomic E-state index is 0.364. The van der Waals surface area contributed by atoms with Crippen molar-refractivity contribution >= 4 is 0 Å². The third-order valence-corrected chi connectivity index (χ3v) is 3.48. The molecule has 15 heavy (non-hydrogen) atoms. The lowest BCUT2D eigenvalue weighted by Crippen LogP contribution is -2.30. The molecule has 1 unspecified atom stereocenters. The second kappa shape index (κ2) is 3.14. The molecule has 0 saturated heterocycles. The Morgan fingerprint density at radius 2 is 2.00 bits per heavy atom. The van der Waals surface area contributed by atoms with E-state index >= 15 is 0 Å². The van der Waals surface area contributed by atoms with Crippen molar-refractivity contribution in [1.82, 2.24) is 4.90 Å². The zero-order valence-corrected chi connectivity index (χ0v) is 9.12. The van der Waals surface area contributed by atoms with Gasteiger partial charge in [-0.3, -0.25) is 4.90 Å². The molecule has 3 rings (SSSR count). The topological polar surface area (TPSA) is 21.7 Å². The summed E-state index contributed by atoms with van der Waals surface area (Å²) in [6.45, 7) is 3.72.